The lowest BCUT2D eigenvalue weighted by molar-refractivity contribution is -0.149. The number of benzene rings is 1. The van der Waals surface area contributed by atoms with Crippen LogP contribution in [-0.4, -0.2) is 22.2 Å². The Morgan fingerprint density at radius 2 is 2.33 bits per heavy atom. The second-order valence-electron chi connectivity index (χ2n) is 4.19. The molecule has 0 saturated carbocycles. The summed E-state index contributed by atoms with van der Waals surface area (Å²) in [6.45, 7) is 0. The van der Waals surface area contributed by atoms with Crippen molar-refractivity contribution < 1.29 is 14.6 Å². The minimum atomic E-state index is -0.888. The molecule has 1 aromatic carbocycles. The van der Waals surface area contributed by atoms with E-state index in [0.29, 0.717) is 6.42 Å². The average Bonchev–Trinajstić information content (AvgIpc) is 2.93. The first kappa shape index (κ1) is 12.1. The van der Waals surface area contributed by atoms with Gasteiger partial charge in [0.15, 0.2) is 6.10 Å². The van der Waals surface area contributed by atoms with E-state index in [1.165, 1.54) is 0 Å². The first-order valence-electron chi connectivity index (χ1n) is 5.58. The van der Waals surface area contributed by atoms with Gasteiger partial charge in [-0.1, -0.05) is 15.9 Å². The lowest BCUT2D eigenvalue weighted by atomic mass is 10.2. The molecule has 4 nitrogen and oxygen atoms in total. The standard InChI is InChI=1S/C12H10BrNO3S/c13-6-1-4-10-7(5-6)14-11(18-10)8-2-3-9(17-8)12(15)16/h1,4-5,8-9H,2-3H2,(H,15,16). The Morgan fingerprint density at radius 1 is 1.50 bits per heavy atom. The van der Waals surface area contributed by atoms with Crippen molar-refractivity contribution in [3.8, 4) is 0 Å². The van der Waals surface area contributed by atoms with Crippen LogP contribution in [0.15, 0.2) is 22.7 Å². The number of halogens is 1. The van der Waals surface area contributed by atoms with Gasteiger partial charge >= 0.3 is 5.97 Å². The Labute approximate surface area is 116 Å². The highest BCUT2D eigenvalue weighted by Crippen LogP contribution is 2.37. The molecule has 1 N–H and O–H groups in total. The van der Waals surface area contributed by atoms with Gasteiger partial charge in [0.25, 0.3) is 0 Å². The predicted molar refractivity (Wildman–Crippen MR) is 71.8 cm³/mol. The Hall–Kier alpha value is -0.980. The van der Waals surface area contributed by atoms with E-state index in [1.807, 2.05) is 18.2 Å². The number of carboxylic acids is 1. The van der Waals surface area contributed by atoms with Gasteiger partial charge in [-0.2, -0.15) is 0 Å². The topological polar surface area (TPSA) is 59.4 Å². The van der Waals surface area contributed by atoms with Crippen molar-refractivity contribution >= 4 is 43.5 Å². The summed E-state index contributed by atoms with van der Waals surface area (Å²) < 4.78 is 7.59. The molecule has 94 valence electrons. The molecule has 1 aromatic heterocycles. The zero-order chi connectivity index (χ0) is 12.7. The van der Waals surface area contributed by atoms with Gasteiger partial charge in [-0.15, -0.1) is 11.3 Å². The highest BCUT2D eigenvalue weighted by atomic mass is 79.9. The molecule has 0 radical (unpaired) electrons. The summed E-state index contributed by atoms with van der Waals surface area (Å²) in [6.07, 6.45) is 0.411. The maximum absolute atomic E-state index is 10.8. The molecule has 0 amide bonds. The lowest BCUT2D eigenvalue weighted by Gasteiger charge is -2.07. The fourth-order valence-electron chi connectivity index (χ4n) is 2.06. The second kappa shape index (κ2) is 4.60. The Bertz CT molecular complexity index is 612. The molecule has 2 atom stereocenters. The van der Waals surface area contributed by atoms with Crippen molar-refractivity contribution in [1.29, 1.82) is 0 Å². The van der Waals surface area contributed by atoms with Crippen LogP contribution in [0.5, 0.6) is 0 Å². The van der Waals surface area contributed by atoms with Crippen LogP contribution in [0, 0.1) is 0 Å². The average molecular weight is 328 g/mol. The molecule has 1 saturated heterocycles. The van der Waals surface area contributed by atoms with Crippen LogP contribution in [0.4, 0.5) is 0 Å². The first-order chi connectivity index (χ1) is 8.63. The molecule has 1 aliphatic rings. The Morgan fingerprint density at radius 3 is 3.06 bits per heavy atom. The smallest absolute Gasteiger partial charge is 0.332 e. The van der Waals surface area contributed by atoms with E-state index < -0.39 is 12.1 Å². The number of nitrogens with zero attached hydrogens (tertiary/aromatic N) is 1. The lowest BCUT2D eigenvalue weighted by Crippen LogP contribution is -2.18. The number of ether oxygens (including phenoxy) is 1. The third kappa shape index (κ3) is 2.15. The Balaban J connectivity index is 1.89. The number of rotatable bonds is 2. The van der Waals surface area contributed by atoms with Crippen LogP contribution >= 0.6 is 27.3 Å². The number of aromatic nitrogens is 1. The van der Waals surface area contributed by atoms with E-state index in [2.05, 4.69) is 20.9 Å². The van der Waals surface area contributed by atoms with Crippen LogP contribution in [0.2, 0.25) is 0 Å². The minimum Gasteiger partial charge on any atom is -0.479 e. The molecule has 6 heteroatoms. The van der Waals surface area contributed by atoms with Crippen LogP contribution in [0.3, 0.4) is 0 Å². The van der Waals surface area contributed by atoms with E-state index in [0.717, 1.165) is 26.1 Å². The third-order valence-electron chi connectivity index (χ3n) is 2.94. The van der Waals surface area contributed by atoms with Crippen molar-refractivity contribution in [2.24, 2.45) is 0 Å². The molecule has 2 aromatic rings. The van der Waals surface area contributed by atoms with Crippen molar-refractivity contribution in [3.05, 3.63) is 27.7 Å². The van der Waals surface area contributed by atoms with Gasteiger partial charge in [-0.3, -0.25) is 0 Å². The van der Waals surface area contributed by atoms with Crippen LogP contribution in [-0.2, 0) is 9.53 Å². The predicted octanol–water partition coefficient (Wildman–Crippen LogP) is 3.36. The summed E-state index contributed by atoms with van der Waals surface area (Å²) in [5, 5.41) is 9.77. The zero-order valence-electron chi connectivity index (χ0n) is 9.30. The van der Waals surface area contributed by atoms with Gasteiger partial charge < -0.3 is 9.84 Å². The van der Waals surface area contributed by atoms with Gasteiger partial charge in [-0.25, -0.2) is 9.78 Å². The molecular weight excluding hydrogens is 318 g/mol. The molecule has 0 aliphatic carbocycles. The SMILES string of the molecule is O=C(O)C1CCC(c2nc3cc(Br)ccc3s2)O1. The maximum atomic E-state index is 10.8. The van der Waals surface area contributed by atoms with Crippen LogP contribution < -0.4 is 0 Å². The third-order valence-corrected chi connectivity index (χ3v) is 4.56. The van der Waals surface area contributed by atoms with Gasteiger partial charge in [-0.05, 0) is 31.0 Å². The summed E-state index contributed by atoms with van der Waals surface area (Å²) in [5.41, 5.74) is 0.923. The molecule has 3 rings (SSSR count). The molecule has 1 aliphatic heterocycles. The number of hydrogen-bond donors (Lipinski definition) is 1. The number of carbonyl (C=O) groups is 1. The zero-order valence-corrected chi connectivity index (χ0v) is 11.7. The van der Waals surface area contributed by atoms with Crippen molar-refractivity contribution in [2.45, 2.75) is 25.0 Å². The summed E-state index contributed by atoms with van der Waals surface area (Å²) in [5.74, 6) is -0.888. The van der Waals surface area contributed by atoms with Crippen LogP contribution in [0.25, 0.3) is 10.2 Å². The molecular formula is C12H10BrNO3S. The number of aliphatic carboxylic acids is 1. The summed E-state index contributed by atoms with van der Waals surface area (Å²) in [7, 11) is 0. The quantitative estimate of drug-likeness (QED) is 0.918. The maximum Gasteiger partial charge on any atom is 0.332 e. The van der Waals surface area contributed by atoms with E-state index in [9.17, 15) is 4.79 Å². The van der Waals surface area contributed by atoms with E-state index in [4.69, 9.17) is 9.84 Å². The first-order valence-corrected chi connectivity index (χ1v) is 7.18. The van der Waals surface area contributed by atoms with Crippen molar-refractivity contribution in [2.75, 3.05) is 0 Å². The van der Waals surface area contributed by atoms with E-state index >= 15 is 0 Å². The number of fused-ring (bicyclic) bond motifs is 1. The van der Waals surface area contributed by atoms with Crippen molar-refractivity contribution in [1.82, 2.24) is 4.98 Å². The fourth-order valence-corrected chi connectivity index (χ4v) is 3.42. The summed E-state index contributed by atoms with van der Waals surface area (Å²) in [4.78, 5) is 15.4. The van der Waals surface area contributed by atoms with E-state index in [-0.39, 0.29) is 6.10 Å². The van der Waals surface area contributed by atoms with Gasteiger partial charge in [0.1, 0.15) is 11.1 Å². The monoisotopic (exact) mass is 327 g/mol. The summed E-state index contributed by atoms with van der Waals surface area (Å²) in [6, 6.07) is 5.93. The molecule has 1 fully saturated rings. The number of hydrogen-bond acceptors (Lipinski definition) is 4. The highest BCUT2D eigenvalue weighted by Gasteiger charge is 2.33. The van der Waals surface area contributed by atoms with Gasteiger partial charge in [0, 0.05) is 4.47 Å². The molecule has 0 bridgehead atoms. The van der Waals surface area contributed by atoms with Crippen molar-refractivity contribution in [3.63, 3.8) is 0 Å². The highest BCUT2D eigenvalue weighted by molar-refractivity contribution is 9.10. The molecule has 2 unspecified atom stereocenters. The van der Waals surface area contributed by atoms with E-state index in [1.54, 1.807) is 11.3 Å². The largest absolute Gasteiger partial charge is 0.479 e. The van der Waals surface area contributed by atoms with Crippen LogP contribution in [0.1, 0.15) is 24.0 Å². The molecule has 0 spiro atoms. The number of thiazole rings is 1. The fraction of sp³-hybridized carbons (Fsp3) is 0.333. The molecule has 2 heterocycles. The molecule has 18 heavy (non-hydrogen) atoms. The minimum absolute atomic E-state index is 0.178. The number of carboxylic acid groups (broad SMARTS) is 1. The second-order valence-corrected chi connectivity index (χ2v) is 6.17. The van der Waals surface area contributed by atoms with Gasteiger partial charge in [0.05, 0.1) is 10.2 Å². The Kier molecular flexibility index (Phi) is 3.09. The van der Waals surface area contributed by atoms with Gasteiger partial charge in [0.2, 0.25) is 0 Å². The normalized spacial score (nSPS) is 23.6. The summed E-state index contributed by atoms with van der Waals surface area (Å²) >= 11 is 4.98.